The van der Waals surface area contributed by atoms with E-state index in [0.717, 1.165) is 44.9 Å². The molecule has 5 unspecified atom stereocenters. The summed E-state index contributed by atoms with van der Waals surface area (Å²) in [6, 6.07) is -0.404. The first-order valence-electron chi connectivity index (χ1n) is 16.6. The van der Waals surface area contributed by atoms with Crippen molar-refractivity contribution in [1.29, 1.82) is 0 Å². The minimum Gasteiger partial charge on any atom is -0.481 e. The molecule has 0 aromatic carbocycles. The molecule has 0 spiro atoms. The Morgan fingerprint density at radius 2 is 1.52 bits per heavy atom. The molecule has 246 valence electrons. The number of unbranched alkanes of at least 4 members (excludes halogenated alkanes) is 5. The van der Waals surface area contributed by atoms with Gasteiger partial charge in [0, 0.05) is 61.7 Å². The fourth-order valence-electron chi connectivity index (χ4n) is 7.14. The number of aliphatic carboxylic acids is 1. The Labute approximate surface area is 269 Å². The number of carbonyl (C=O) groups excluding carboxylic acids is 5. The first-order valence-corrected chi connectivity index (χ1v) is 18.9. The van der Waals surface area contributed by atoms with Crippen molar-refractivity contribution in [2.45, 2.75) is 126 Å². The molecule has 44 heavy (non-hydrogen) atoms. The number of ketones is 1. The summed E-state index contributed by atoms with van der Waals surface area (Å²) < 4.78 is 0. The summed E-state index contributed by atoms with van der Waals surface area (Å²) in [6.45, 7) is 0.972. The maximum atomic E-state index is 13.7. The number of fused-ring (bicyclic) bond motifs is 1. The zero-order valence-electron chi connectivity index (χ0n) is 26.0. The quantitative estimate of drug-likeness (QED) is 0.139. The predicted molar refractivity (Wildman–Crippen MR) is 171 cm³/mol. The molecule has 4 aliphatic rings. The van der Waals surface area contributed by atoms with Crippen LogP contribution in [0.15, 0.2) is 0 Å². The van der Waals surface area contributed by atoms with E-state index in [0.29, 0.717) is 81.4 Å². The van der Waals surface area contributed by atoms with E-state index in [2.05, 4.69) is 5.32 Å². The first-order chi connectivity index (χ1) is 21.2. The molecule has 4 amide bonds. The Morgan fingerprint density at radius 3 is 2.23 bits per heavy atom. The maximum Gasteiger partial charge on any atom is 0.306 e. The molecular formula is C32H49N3O7S2. The number of likely N-dealkylation sites (tertiary alicyclic amines) is 2. The van der Waals surface area contributed by atoms with Crippen LogP contribution in [0, 0.1) is 17.8 Å². The molecule has 0 aromatic rings. The summed E-state index contributed by atoms with van der Waals surface area (Å²) in [5, 5.41) is 12.9. The topological polar surface area (TPSA) is 141 Å². The van der Waals surface area contributed by atoms with Gasteiger partial charge in [-0.1, -0.05) is 47.3 Å². The normalized spacial score (nSPS) is 28.7. The lowest BCUT2D eigenvalue weighted by molar-refractivity contribution is -0.143. The Bertz CT molecular complexity index is 1070. The monoisotopic (exact) mass is 651 g/mol. The number of nitrogens with zero attached hydrogens (tertiary/aromatic N) is 2. The van der Waals surface area contributed by atoms with Crippen LogP contribution in [-0.2, 0) is 28.8 Å². The lowest BCUT2D eigenvalue weighted by Gasteiger charge is -2.41. The van der Waals surface area contributed by atoms with Crippen LogP contribution >= 0.6 is 21.6 Å². The molecule has 6 atom stereocenters. The highest BCUT2D eigenvalue weighted by Crippen LogP contribution is 2.54. The average molecular weight is 652 g/mol. The van der Waals surface area contributed by atoms with Gasteiger partial charge in [0.2, 0.25) is 23.6 Å². The van der Waals surface area contributed by atoms with E-state index in [1.165, 1.54) is 4.90 Å². The van der Waals surface area contributed by atoms with Gasteiger partial charge in [0.15, 0.2) is 5.78 Å². The largest absolute Gasteiger partial charge is 0.481 e. The summed E-state index contributed by atoms with van der Waals surface area (Å²) in [5.41, 5.74) is 0. The van der Waals surface area contributed by atoms with Crippen LogP contribution in [0.3, 0.4) is 0 Å². The molecule has 4 fully saturated rings. The second-order valence-electron chi connectivity index (χ2n) is 12.9. The van der Waals surface area contributed by atoms with Crippen LogP contribution in [0.2, 0.25) is 0 Å². The van der Waals surface area contributed by atoms with Crippen molar-refractivity contribution in [2.24, 2.45) is 17.8 Å². The number of carboxylic acid groups (broad SMARTS) is 1. The molecule has 0 radical (unpaired) electrons. The molecule has 3 heterocycles. The van der Waals surface area contributed by atoms with Crippen molar-refractivity contribution in [3.05, 3.63) is 0 Å². The summed E-state index contributed by atoms with van der Waals surface area (Å²) >= 11 is 0. The molecule has 12 heteroatoms. The molecule has 1 aliphatic carbocycles. The Hall–Kier alpha value is -2.08. The second-order valence-corrected chi connectivity index (χ2v) is 15.7. The Kier molecular flexibility index (Phi) is 13.4. The van der Waals surface area contributed by atoms with Crippen LogP contribution in [-0.4, -0.2) is 87.0 Å². The maximum absolute atomic E-state index is 13.7. The van der Waals surface area contributed by atoms with Gasteiger partial charge < -0.3 is 15.3 Å². The van der Waals surface area contributed by atoms with Crippen molar-refractivity contribution >= 4 is 57.0 Å². The van der Waals surface area contributed by atoms with Crippen LogP contribution in [0.5, 0.6) is 0 Å². The summed E-state index contributed by atoms with van der Waals surface area (Å²) in [6.07, 6.45) is 11.5. The third kappa shape index (κ3) is 9.23. The number of Topliss-reactive ketones (excluding diaryl/α,β-unsaturated/α-hetero) is 1. The molecule has 2 N–H and O–H groups in total. The number of hydrogen-bond donors (Lipinski definition) is 2. The number of rotatable bonds is 16. The Morgan fingerprint density at radius 1 is 0.864 bits per heavy atom. The fraction of sp³-hybridized carbons (Fsp3) is 0.812. The molecule has 0 aromatic heterocycles. The van der Waals surface area contributed by atoms with E-state index in [-0.39, 0.29) is 47.7 Å². The summed E-state index contributed by atoms with van der Waals surface area (Å²) in [4.78, 5) is 78.3. The number of amides is 4. The molecular weight excluding hydrogens is 603 g/mol. The summed E-state index contributed by atoms with van der Waals surface area (Å²) in [5.74, 6) is -1.64. The van der Waals surface area contributed by atoms with E-state index in [1.54, 1.807) is 33.5 Å². The van der Waals surface area contributed by atoms with Crippen molar-refractivity contribution in [3.63, 3.8) is 0 Å². The smallest absolute Gasteiger partial charge is 0.306 e. The highest BCUT2D eigenvalue weighted by molar-refractivity contribution is 8.80. The van der Waals surface area contributed by atoms with Crippen LogP contribution in [0.1, 0.15) is 109 Å². The molecule has 10 nitrogen and oxygen atoms in total. The molecule has 3 saturated heterocycles. The van der Waals surface area contributed by atoms with Crippen molar-refractivity contribution in [2.75, 3.05) is 20.1 Å². The highest BCUT2D eigenvalue weighted by atomic mass is 33.1. The molecule has 4 rings (SSSR count). The van der Waals surface area contributed by atoms with Crippen molar-refractivity contribution in [3.8, 4) is 0 Å². The zero-order valence-corrected chi connectivity index (χ0v) is 27.6. The number of hydrogen-bond acceptors (Lipinski definition) is 8. The minimum atomic E-state index is -0.771. The second kappa shape index (κ2) is 17.0. The van der Waals surface area contributed by atoms with E-state index in [1.807, 2.05) is 0 Å². The lowest BCUT2D eigenvalue weighted by atomic mass is 9.81. The molecule has 0 bridgehead atoms. The third-order valence-corrected chi connectivity index (χ3v) is 13.5. The lowest BCUT2D eigenvalue weighted by Crippen LogP contribution is -2.45. The number of carboxylic acids is 1. The van der Waals surface area contributed by atoms with E-state index < -0.39 is 17.9 Å². The molecule has 1 saturated carbocycles. The SMILES string of the molecule is CNC(=O)CCCCCCC1CC(=O)N(CCCCCC(=O)N2CCC[C@H]2C(=O)C2CCC(C(=O)O)CC3SSC3C2)C1=O. The van der Waals surface area contributed by atoms with E-state index in [9.17, 15) is 33.9 Å². The average Bonchev–Trinajstić information content (AvgIpc) is 3.58. The summed E-state index contributed by atoms with van der Waals surface area (Å²) in [7, 11) is 5.13. The molecule has 3 aliphatic heterocycles. The van der Waals surface area contributed by atoms with Crippen molar-refractivity contribution in [1.82, 2.24) is 15.1 Å². The Balaban J connectivity index is 1.14. The van der Waals surface area contributed by atoms with Gasteiger partial charge in [0.05, 0.1) is 12.0 Å². The predicted octanol–water partition coefficient (Wildman–Crippen LogP) is 4.59. The van der Waals surface area contributed by atoms with Crippen molar-refractivity contribution < 1.29 is 33.9 Å². The fourth-order valence-corrected chi connectivity index (χ4v) is 10.2. The van der Waals surface area contributed by atoms with Gasteiger partial charge in [-0.25, -0.2) is 0 Å². The third-order valence-electron chi connectivity index (χ3n) is 9.86. The van der Waals surface area contributed by atoms with Gasteiger partial charge in [0.1, 0.15) is 0 Å². The number of imide groups is 1. The van der Waals surface area contributed by atoms with Gasteiger partial charge in [-0.2, -0.15) is 0 Å². The first kappa shape index (κ1) is 34.8. The number of carbonyl (C=O) groups is 6. The van der Waals surface area contributed by atoms with Crippen LogP contribution in [0.25, 0.3) is 0 Å². The van der Waals surface area contributed by atoms with Gasteiger partial charge >= 0.3 is 5.97 Å². The van der Waals surface area contributed by atoms with Gasteiger partial charge in [-0.3, -0.25) is 33.7 Å². The minimum absolute atomic E-state index is 0.00901. The van der Waals surface area contributed by atoms with E-state index in [4.69, 9.17) is 0 Å². The highest BCUT2D eigenvalue weighted by Gasteiger charge is 2.44. The van der Waals surface area contributed by atoms with Crippen LogP contribution in [0.4, 0.5) is 0 Å². The van der Waals surface area contributed by atoms with Gasteiger partial charge in [0.25, 0.3) is 0 Å². The number of nitrogens with one attached hydrogen (secondary N) is 1. The van der Waals surface area contributed by atoms with Crippen LogP contribution < -0.4 is 5.32 Å². The van der Waals surface area contributed by atoms with Gasteiger partial charge in [-0.05, 0) is 64.2 Å². The van der Waals surface area contributed by atoms with Gasteiger partial charge in [-0.15, -0.1) is 0 Å². The standard InChI is InChI=1S/C32H49N3O7S2/c1-33-27(36)12-6-3-2-5-10-22-20-29(38)35(31(22)40)16-8-4-7-13-28(37)34-17-9-11-24(34)30(39)21-14-15-23(32(41)42)19-26-25(18-21)43-44-26/h21-26H,2-20H2,1H3,(H,33,36)(H,41,42)/t21?,22?,23?,24-,25?,26?/m0/s1. The zero-order chi connectivity index (χ0) is 31.6. The van der Waals surface area contributed by atoms with E-state index >= 15 is 0 Å².